The molecule has 7 heteroatoms. The minimum absolute atomic E-state index is 0.0781. The van der Waals surface area contributed by atoms with Gasteiger partial charge in [0.15, 0.2) is 10.8 Å². The second kappa shape index (κ2) is 6.75. The Kier molecular flexibility index (Phi) is 5.31. The van der Waals surface area contributed by atoms with Crippen molar-refractivity contribution in [2.24, 2.45) is 5.10 Å². The highest BCUT2D eigenvalue weighted by Gasteiger charge is 2.12. The smallest absolute Gasteiger partial charge is 0.292 e. The minimum Gasteiger partial charge on any atom is -0.292 e. The Labute approximate surface area is 109 Å². The standard InChI is InChI=1S/C11H13N3O3S/c1-3-18-11(8(2)15)13-12-9-6-4-5-7-10(9)14(16)17/h4-7,12H,3H2,1-2H3/b13-11-. The largest absolute Gasteiger partial charge is 0.294 e. The van der Waals surface area contributed by atoms with Gasteiger partial charge in [0.05, 0.1) is 4.92 Å². The summed E-state index contributed by atoms with van der Waals surface area (Å²) in [6, 6.07) is 6.14. The Hall–Kier alpha value is -1.89. The molecule has 0 radical (unpaired) electrons. The fourth-order valence-corrected chi connectivity index (χ4v) is 1.77. The van der Waals surface area contributed by atoms with Gasteiger partial charge < -0.3 is 0 Å². The van der Waals surface area contributed by atoms with E-state index in [1.54, 1.807) is 12.1 Å². The molecular weight excluding hydrogens is 254 g/mol. The molecule has 0 aliphatic heterocycles. The molecule has 1 aromatic rings. The fourth-order valence-electron chi connectivity index (χ4n) is 1.19. The first-order valence-electron chi connectivity index (χ1n) is 5.27. The van der Waals surface area contributed by atoms with Crippen molar-refractivity contribution in [1.29, 1.82) is 0 Å². The van der Waals surface area contributed by atoms with Crippen molar-refractivity contribution < 1.29 is 9.72 Å². The molecule has 0 aliphatic carbocycles. The quantitative estimate of drug-likeness (QED) is 0.383. The molecule has 0 atom stereocenters. The highest BCUT2D eigenvalue weighted by molar-refractivity contribution is 8.15. The van der Waals surface area contributed by atoms with Crippen LogP contribution in [0.2, 0.25) is 0 Å². The van der Waals surface area contributed by atoms with E-state index in [9.17, 15) is 14.9 Å². The molecule has 96 valence electrons. The van der Waals surface area contributed by atoms with Crippen molar-refractivity contribution in [1.82, 2.24) is 0 Å². The Morgan fingerprint density at radius 2 is 2.17 bits per heavy atom. The van der Waals surface area contributed by atoms with Gasteiger partial charge in [-0.15, -0.1) is 11.8 Å². The molecule has 0 aromatic heterocycles. The van der Waals surface area contributed by atoms with Crippen LogP contribution in [0.4, 0.5) is 11.4 Å². The maximum absolute atomic E-state index is 11.2. The van der Waals surface area contributed by atoms with Crippen LogP contribution < -0.4 is 5.43 Å². The topological polar surface area (TPSA) is 84.6 Å². The molecule has 0 spiro atoms. The van der Waals surface area contributed by atoms with Crippen molar-refractivity contribution in [3.63, 3.8) is 0 Å². The summed E-state index contributed by atoms with van der Waals surface area (Å²) in [6.45, 7) is 3.30. The number of thioether (sulfide) groups is 1. The van der Waals surface area contributed by atoms with E-state index in [1.165, 1.54) is 30.8 Å². The van der Waals surface area contributed by atoms with Crippen molar-refractivity contribution >= 4 is 34.0 Å². The zero-order chi connectivity index (χ0) is 13.5. The summed E-state index contributed by atoms with van der Waals surface area (Å²) >= 11 is 1.29. The number of hydrazone groups is 1. The average molecular weight is 267 g/mol. The maximum Gasteiger partial charge on any atom is 0.294 e. The molecule has 18 heavy (non-hydrogen) atoms. The monoisotopic (exact) mass is 267 g/mol. The number of nitrogens with one attached hydrogen (secondary N) is 1. The Bertz CT molecular complexity index is 488. The van der Waals surface area contributed by atoms with E-state index in [0.29, 0.717) is 10.8 Å². The van der Waals surface area contributed by atoms with E-state index < -0.39 is 4.92 Å². The van der Waals surface area contributed by atoms with Gasteiger partial charge in [0.1, 0.15) is 5.69 Å². The summed E-state index contributed by atoms with van der Waals surface area (Å²) < 4.78 is 0. The lowest BCUT2D eigenvalue weighted by atomic mass is 10.3. The molecule has 0 saturated heterocycles. The van der Waals surface area contributed by atoms with E-state index in [-0.39, 0.29) is 17.2 Å². The third-order valence-electron chi connectivity index (χ3n) is 1.96. The zero-order valence-corrected chi connectivity index (χ0v) is 10.9. The van der Waals surface area contributed by atoms with Crippen LogP contribution in [0.5, 0.6) is 0 Å². The number of nitrogens with zero attached hydrogens (tertiary/aromatic N) is 2. The summed E-state index contributed by atoms with van der Waals surface area (Å²) in [5, 5.41) is 15.0. The number of hydrogen-bond donors (Lipinski definition) is 1. The number of carbonyl (C=O) groups excluding carboxylic acids is 1. The van der Waals surface area contributed by atoms with Gasteiger partial charge in [-0.05, 0) is 11.8 Å². The van der Waals surface area contributed by atoms with Crippen molar-refractivity contribution in [3.05, 3.63) is 34.4 Å². The van der Waals surface area contributed by atoms with Crippen LogP contribution in [-0.2, 0) is 4.79 Å². The molecule has 0 bridgehead atoms. The third kappa shape index (κ3) is 3.85. The van der Waals surface area contributed by atoms with E-state index in [0.717, 1.165) is 0 Å². The predicted molar refractivity (Wildman–Crippen MR) is 73.0 cm³/mol. The van der Waals surface area contributed by atoms with E-state index >= 15 is 0 Å². The highest BCUT2D eigenvalue weighted by Crippen LogP contribution is 2.23. The zero-order valence-electron chi connectivity index (χ0n) is 10.0. The minimum atomic E-state index is -0.502. The second-order valence-electron chi connectivity index (χ2n) is 3.29. The van der Waals surface area contributed by atoms with Crippen molar-refractivity contribution in [2.75, 3.05) is 11.2 Å². The molecular formula is C11H13N3O3S. The average Bonchev–Trinajstić information content (AvgIpc) is 2.34. The van der Waals surface area contributed by atoms with Gasteiger partial charge in [0, 0.05) is 13.0 Å². The Morgan fingerprint density at radius 1 is 1.50 bits per heavy atom. The van der Waals surface area contributed by atoms with Crippen LogP contribution in [0.25, 0.3) is 0 Å². The molecule has 6 nitrogen and oxygen atoms in total. The number of anilines is 1. The van der Waals surface area contributed by atoms with Gasteiger partial charge in [-0.1, -0.05) is 19.1 Å². The summed E-state index contributed by atoms with van der Waals surface area (Å²) in [5.41, 5.74) is 2.75. The van der Waals surface area contributed by atoms with Gasteiger partial charge in [0.2, 0.25) is 0 Å². The number of Topliss-reactive ketones (excluding diaryl/α,β-unsaturated/α-hetero) is 1. The number of carbonyl (C=O) groups is 1. The van der Waals surface area contributed by atoms with Gasteiger partial charge in [0.25, 0.3) is 5.69 Å². The van der Waals surface area contributed by atoms with E-state index in [4.69, 9.17) is 0 Å². The number of ketones is 1. The lowest BCUT2D eigenvalue weighted by Gasteiger charge is -2.03. The van der Waals surface area contributed by atoms with E-state index in [1.807, 2.05) is 6.92 Å². The van der Waals surface area contributed by atoms with Crippen LogP contribution in [0.1, 0.15) is 13.8 Å². The third-order valence-corrected chi connectivity index (χ3v) is 2.90. The summed E-state index contributed by atoms with van der Waals surface area (Å²) in [7, 11) is 0. The molecule has 1 aromatic carbocycles. The molecule has 0 unspecified atom stereocenters. The van der Waals surface area contributed by atoms with Crippen molar-refractivity contribution in [2.45, 2.75) is 13.8 Å². The number of benzene rings is 1. The van der Waals surface area contributed by atoms with Gasteiger partial charge in [-0.2, -0.15) is 5.10 Å². The number of rotatable bonds is 5. The SMILES string of the molecule is CCS/C(=N\Nc1ccccc1[N+](=O)[O-])C(C)=O. The first-order valence-corrected chi connectivity index (χ1v) is 6.25. The number of nitro groups is 1. The molecule has 0 heterocycles. The Morgan fingerprint density at radius 3 is 2.72 bits per heavy atom. The van der Waals surface area contributed by atoms with Gasteiger partial charge >= 0.3 is 0 Å². The molecule has 0 aliphatic rings. The molecule has 1 N–H and O–H groups in total. The second-order valence-corrected chi connectivity index (χ2v) is 4.54. The van der Waals surface area contributed by atoms with Crippen LogP contribution in [0.15, 0.2) is 29.4 Å². The molecule has 0 amide bonds. The maximum atomic E-state index is 11.2. The first-order chi connectivity index (χ1) is 8.56. The van der Waals surface area contributed by atoms with Gasteiger partial charge in [-0.25, -0.2) is 0 Å². The summed E-state index contributed by atoms with van der Waals surface area (Å²) in [4.78, 5) is 21.5. The van der Waals surface area contributed by atoms with Crippen LogP contribution >= 0.6 is 11.8 Å². The first kappa shape index (κ1) is 14.2. The summed E-state index contributed by atoms with van der Waals surface area (Å²) in [5.74, 6) is 0.532. The number of para-hydroxylation sites is 2. The predicted octanol–water partition coefficient (Wildman–Crippen LogP) is 2.66. The lowest BCUT2D eigenvalue weighted by molar-refractivity contribution is -0.384. The Balaban J connectivity index is 2.93. The van der Waals surface area contributed by atoms with Crippen molar-refractivity contribution in [3.8, 4) is 0 Å². The molecule has 0 fully saturated rings. The fraction of sp³-hybridized carbons (Fsp3) is 0.273. The number of hydrogen-bond acceptors (Lipinski definition) is 6. The van der Waals surface area contributed by atoms with Gasteiger partial charge in [-0.3, -0.25) is 20.3 Å². The van der Waals surface area contributed by atoms with Crippen LogP contribution in [0, 0.1) is 10.1 Å². The molecule has 0 saturated carbocycles. The summed E-state index contributed by atoms with van der Waals surface area (Å²) in [6.07, 6.45) is 0. The number of nitro benzene ring substituents is 1. The lowest BCUT2D eigenvalue weighted by Crippen LogP contribution is -2.09. The normalized spacial score (nSPS) is 11.1. The van der Waals surface area contributed by atoms with E-state index in [2.05, 4.69) is 10.5 Å². The molecule has 1 rings (SSSR count). The van der Waals surface area contributed by atoms with Crippen LogP contribution in [-0.4, -0.2) is 21.5 Å². The van der Waals surface area contributed by atoms with Crippen LogP contribution in [0.3, 0.4) is 0 Å². The highest BCUT2D eigenvalue weighted by atomic mass is 32.2.